The van der Waals surface area contributed by atoms with Crippen LogP contribution in [0.1, 0.15) is 33.1 Å². The molecule has 0 aliphatic heterocycles. The van der Waals surface area contributed by atoms with E-state index >= 15 is 0 Å². The van der Waals surface area contributed by atoms with Gasteiger partial charge in [-0.3, -0.25) is 0 Å². The second kappa shape index (κ2) is 5.34. The van der Waals surface area contributed by atoms with Crippen molar-refractivity contribution in [2.45, 2.75) is 39.2 Å². The van der Waals surface area contributed by atoms with Crippen molar-refractivity contribution in [2.24, 2.45) is 5.92 Å². The third kappa shape index (κ3) is 3.32. The minimum atomic E-state index is 0.702. The Bertz CT molecular complexity index is 360. The third-order valence-electron chi connectivity index (χ3n) is 3.14. The molecular weight excluding hydrogens is 212 g/mol. The lowest BCUT2D eigenvalue weighted by Gasteiger charge is -2.24. The Morgan fingerprint density at radius 3 is 2.76 bits per heavy atom. The van der Waals surface area contributed by atoms with Gasteiger partial charge in [-0.25, -0.2) is 9.97 Å². The smallest absolute Gasteiger partial charge is 0.134 e. The van der Waals surface area contributed by atoms with Crippen molar-refractivity contribution in [3.05, 3.63) is 12.4 Å². The van der Waals surface area contributed by atoms with E-state index in [1.807, 2.05) is 13.1 Å². The Labute approximate surface area is 103 Å². The summed E-state index contributed by atoms with van der Waals surface area (Å²) in [4.78, 5) is 11.0. The molecule has 1 aliphatic carbocycles. The van der Waals surface area contributed by atoms with Gasteiger partial charge >= 0.3 is 0 Å². The van der Waals surface area contributed by atoms with Crippen LogP contribution in [0.4, 0.5) is 11.6 Å². The van der Waals surface area contributed by atoms with Gasteiger partial charge in [-0.2, -0.15) is 0 Å². The van der Waals surface area contributed by atoms with E-state index < -0.39 is 0 Å². The molecule has 0 saturated heterocycles. The molecule has 1 aromatic rings. The van der Waals surface area contributed by atoms with Gasteiger partial charge in [0.2, 0.25) is 0 Å². The van der Waals surface area contributed by atoms with Crippen LogP contribution >= 0.6 is 0 Å². The molecule has 0 radical (unpaired) electrons. The summed E-state index contributed by atoms with van der Waals surface area (Å²) in [7, 11) is 1.89. The highest BCUT2D eigenvalue weighted by Gasteiger charge is 2.29. The summed E-state index contributed by atoms with van der Waals surface area (Å²) in [6.45, 7) is 5.64. The molecule has 0 spiro atoms. The first-order valence-corrected chi connectivity index (χ1v) is 6.47. The third-order valence-corrected chi connectivity index (χ3v) is 3.14. The summed E-state index contributed by atoms with van der Waals surface area (Å²) in [6.07, 6.45) is 5.47. The van der Waals surface area contributed by atoms with Crippen LogP contribution in [0.2, 0.25) is 0 Å². The number of anilines is 2. The molecule has 0 aromatic carbocycles. The predicted molar refractivity (Wildman–Crippen MR) is 71.4 cm³/mol. The van der Waals surface area contributed by atoms with Crippen LogP contribution in [0.5, 0.6) is 0 Å². The number of nitrogens with zero attached hydrogens (tertiary/aromatic N) is 3. The van der Waals surface area contributed by atoms with Gasteiger partial charge in [0, 0.05) is 25.7 Å². The normalized spacial score (nSPS) is 15.1. The van der Waals surface area contributed by atoms with E-state index in [4.69, 9.17) is 0 Å². The minimum Gasteiger partial charge on any atom is -0.373 e. The van der Waals surface area contributed by atoms with E-state index in [1.54, 1.807) is 6.33 Å². The first kappa shape index (κ1) is 12.1. The van der Waals surface area contributed by atoms with Crippen molar-refractivity contribution in [3.63, 3.8) is 0 Å². The van der Waals surface area contributed by atoms with Crippen molar-refractivity contribution in [1.29, 1.82) is 0 Å². The van der Waals surface area contributed by atoms with Gasteiger partial charge in [0.1, 0.15) is 18.0 Å². The fourth-order valence-electron chi connectivity index (χ4n) is 1.91. The minimum absolute atomic E-state index is 0.702. The summed E-state index contributed by atoms with van der Waals surface area (Å²) in [5.74, 6) is 2.69. The first-order chi connectivity index (χ1) is 8.20. The number of nitrogens with one attached hydrogen (secondary N) is 1. The summed E-state index contributed by atoms with van der Waals surface area (Å²) in [5, 5.41) is 3.07. The van der Waals surface area contributed by atoms with Crippen molar-refractivity contribution < 1.29 is 0 Å². The SMILES string of the molecule is CNc1cc(N(CCC(C)C)C2CC2)ncn1. The van der Waals surface area contributed by atoms with Crippen LogP contribution in [-0.4, -0.2) is 29.6 Å². The maximum absolute atomic E-state index is 4.40. The summed E-state index contributed by atoms with van der Waals surface area (Å²) in [6, 6.07) is 2.74. The molecule has 0 bridgehead atoms. The maximum atomic E-state index is 4.40. The van der Waals surface area contributed by atoms with Gasteiger partial charge in [-0.1, -0.05) is 13.8 Å². The Balaban J connectivity index is 2.08. The van der Waals surface area contributed by atoms with Gasteiger partial charge in [-0.05, 0) is 25.2 Å². The van der Waals surface area contributed by atoms with E-state index in [0.29, 0.717) is 6.04 Å². The molecule has 1 aromatic heterocycles. The van der Waals surface area contributed by atoms with Crippen LogP contribution in [-0.2, 0) is 0 Å². The zero-order valence-electron chi connectivity index (χ0n) is 11.0. The van der Waals surface area contributed by atoms with Crippen molar-refractivity contribution >= 4 is 11.6 Å². The molecule has 17 heavy (non-hydrogen) atoms. The summed E-state index contributed by atoms with van der Waals surface area (Å²) < 4.78 is 0. The Morgan fingerprint density at radius 2 is 2.18 bits per heavy atom. The Kier molecular flexibility index (Phi) is 3.82. The molecular formula is C13H22N4. The first-order valence-electron chi connectivity index (χ1n) is 6.47. The molecule has 1 saturated carbocycles. The lowest BCUT2D eigenvalue weighted by molar-refractivity contribution is 0.568. The average molecular weight is 234 g/mol. The van der Waals surface area contributed by atoms with Crippen molar-refractivity contribution in [2.75, 3.05) is 23.8 Å². The molecule has 1 fully saturated rings. The topological polar surface area (TPSA) is 41.0 Å². The fourth-order valence-corrected chi connectivity index (χ4v) is 1.91. The van der Waals surface area contributed by atoms with E-state index in [2.05, 4.69) is 34.0 Å². The monoisotopic (exact) mass is 234 g/mol. The molecule has 0 amide bonds. The van der Waals surface area contributed by atoms with Crippen LogP contribution < -0.4 is 10.2 Å². The quantitative estimate of drug-likeness (QED) is 0.821. The van der Waals surface area contributed by atoms with Gasteiger partial charge in [0.15, 0.2) is 0 Å². The highest BCUT2D eigenvalue weighted by Crippen LogP contribution is 2.31. The van der Waals surface area contributed by atoms with Gasteiger partial charge in [-0.15, -0.1) is 0 Å². The van der Waals surface area contributed by atoms with Gasteiger partial charge in [0.05, 0.1) is 0 Å². The van der Waals surface area contributed by atoms with E-state index in [0.717, 1.165) is 24.1 Å². The lowest BCUT2D eigenvalue weighted by atomic mass is 10.1. The largest absolute Gasteiger partial charge is 0.373 e. The molecule has 4 nitrogen and oxygen atoms in total. The molecule has 4 heteroatoms. The van der Waals surface area contributed by atoms with Gasteiger partial charge in [0.25, 0.3) is 0 Å². The number of aromatic nitrogens is 2. The predicted octanol–water partition coefficient (Wildman–Crippen LogP) is 2.53. The van der Waals surface area contributed by atoms with E-state index in [-0.39, 0.29) is 0 Å². The second-order valence-corrected chi connectivity index (χ2v) is 5.12. The molecule has 1 heterocycles. The Hall–Kier alpha value is -1.32. The Morgan fingerprint density at radius 1 is 1.41 bits per heavy atom. The molecule has 1 aliphatic rings. The van der Waals surface area contributed by atoms with Crippen LogP contribution in [0, 0.1) is 5.92 Å². The second-order valence-electron chi connectivity index (χ2n) is 5.12. The van der Waals surface area contributed by atoms with E-state index in [9.17, 15) is 0 Å². The molecule has 0 unspecified atom stereocenters. The fraction of sp³-hybridized carbons (Fsp3) is 0.692. The lowest BCUT2D eigenvalue weighted by Crippen LogP contribution is -2.28. The van der Waals surface area contributed by atoms with Crippen LogP contribution in [0.15, 0.2) is 12.4 Å². The highest BCUT2D eigenvalue weighted by atomic mass is 15.2. The summed E-state index contributed by atoms with van der Waals surface area (Å²) >= 11 is 0. The molecule has 0 atom stereocenters. The molecule has 94 valence electrons. The van der Waals surface area contributed by atoms with Gasteiger partial charge < -0.3 is 10.2 Å². The number of rotatable bonds is 6. The average Bonchev–Trinajstić information content (AvgIpc) is 3.14. The van der Waals surface area contributed by atoms with Crippen LogP contribution in [0.25, 0.3) is 0 Å². The molecule has 1 N–H and O–H groups in total. The summed E-state index contributed by atoms with van der Waals surface area (Å²) in [5.41, 5.74) is 0. The van der Waals surface area contributed by atoms with Crippen molar-refractivity contribution in [1.82, 2.24) is 9.97 Å². The van der Waals surface area contributed by atoms with Crippen LogP contribution in [0.3, 0.4) is 0 Å². The zero-order chi connectivity index (χ0) is 12.3. The zero-order valence-corrected chi connectivity index (χ0v) is 11.0. The highest BCUT2D eigenvalue weighted by molar-refractivity contribution is 5.49. The molecule has 2 rings (SSSR count). The van der Waals surface area contributed by atoms with E-state index in [1.165, 1.54) is 19.3 Å². The maximum Gasteiger partial charge on any atom is 0.134 e. The number of hydrogen-bond acceptors (Lipinski definition) is 4. The van der Waals surface area contributed by atoms with Crippen molar-refractivity contribution in [3.8, 4) is 0 Å². The number of hydrogen-bond donors (Lipinski definition) is 1. The standard InChI is InChI=1S/C13H22N4/c1-10(2)6-7-17(11-4-5-11)13-8-12(14-3)15-9-16-13/h8-11H,4-7H2,1-3H3,(H,14,15,16).